The molecule has 1 aromatic carbocycles. The summed E-state index contributed by atoms with van der Waals surface area (Å²) in [6.07, 6.45) is 2.33. The molecule has 0 N–H and O–H groups in total. The number of thiophene rings is 1. The Labute approximate surface area is 129 Å². The highest BCUT2D eigenvalue weighted by atomic mass is 32.1. The molecule has 0 saturated heterocycles. The summed E-state index contributed by atoms with van der Waals surface area (Å²) < 4.78 is 5.21. The van der Waals surface area contributed by atoms with E-state index in [0.29, 0.717) is 6.42 Å². The number of carbonyl (C=O) groups excluding carboxylic acids is 1. The largest absolute Gasteiger partial charge is 0.497 e. The fourth-order valence-corrected chi connectivity index (χ4v) is 3.59. The molecule has 110 valence electrons. The van der Waals surface area contributed by atoms with Crippen molar-refractivity contribution < 1.29 is 9.53 Å². The van der Waals surface area contributed by atoms with Crippen molar-refractivity contribution in [2.75, 3.05) is 13.7 Å². The van der Waals surface area contributed by atoms with Gasteiger partial charge in [-0.2, -0.15) is 0 Å². The van der Waals surface area contributed by atoms with Crippen molar-refractivity contribution in [1.82, 2.24) is 4.90 Å². The van der Waals surface area contributed by atoms with Crippen molar-refractivity contribution in [3.05, 3.63) is 51.7 Å². The first-order valence-corrected chi connectivity index (χ1v) is 8.10. The van der Waals surface area contributed by atoms with Crippen LogP contribution in [-0.2, 0) is 24.2 Å². The molecule has 0 spiro atoms. The Morgan fingerprint density at radius 3 is 3.14 bits per heavy atom. The normalized spacial score (nSPS) is 13.9. The van der Waals surface area contributed by atoms with Crippen molar-refractivity contribution in [1.29, 1.82) is 0 Å². The average molecular weight is 301 g/mol. The number of ether oxygens (including phenoxy) is 1. The molecule has 3 nitrogen and oxygen atoms in total. The minimum atomic E-state index is 0.245. The molecule has 1 amide bonds. The van der Waals surface area contributed by atoms with Crippen LogP contribution >= 0.6 is 11.3 Å². The van der Waals surface area contributed by atoms with Crippen LogP contribution in [0.4, 0.5) is 0 Å². The molecule has 1 aromatic heterocycles. The van der Waals surface area contributed by atoms with E-state index in [1.807, 2.05) is 29.2 Å². The molecule has 0 atom stereocenters. The van der Waals surface area contributed by atoms with Gasteiger partial charge in [0.25, 0.3) is 0 Å². The maximum absolute atomic E-state index is 12.4. The lowest BCUT2D eigenvalue weighted by Gasteiger charge is -2.27. The first-order valence-electron chi connectivity index (χ1n) is 7.22. The number of rotatable bonds is 4. The van der Waals surface area contributed by atoms with Crippen molar-refractivity contribution in [3.8, 4) is 5.75 Å². The topological polar surface area (TPSA) is 29.5 Å². The molecule has 1 aliphatic rings. The van der Waals surface area contributed by atoms with Crippen LogP contribution in [0.25, 0.3) is 0 Å². The second kappa shape index (κ2) is 6.31. The summed E-state index contributed by atoms with van der Waals surface area (Å²) in [6, 6.07) is 10.1. The second-order valence-electron chi connectivity index (χ2n) is 5.29. The molecule has 21 heavy (non-hydrogen) atoms. The van der Waals surface area contributed by atoms with E-state index in [0.717, 1.165) is 37.2 Å². The molecule has 0 unspecified atom stereocenters. The molecule has 0 radical (unpaired) electrons. The van der Waals surface area contributed by atoms with E-state index >= 15 is 0 Å². The summed E-state index contributed by atoms with van der Waals surface area (Å²) in [5.74, 6) is 1.09. The Morgan fingerprint density at radius 2 is 2.29 bits per heavy atom. The van der Waals surface area contributed by atoms with Gasteiger partial charge in [0.1, 0.15) is 5.75 Å². The molecule has 2 heterocycles. The summed E-state index contributed by atoms with van der Waals surface area (Å²) in [6.45, 7) is 1.63. The molecule has 1 aliphatic heterocycles. The lowest BCUT2D eigenvalue weighted by Crippen LogP contribution is -2.35. The highest BCUT2D eigenvalue weighted by molar-refractivity contribution is 7.10. The van der Waals surface area contributed by atoms with Gasteiger partial charge in [-0.1, -0.05) is 12.1 Å². The monoisotopic (exact) mass is 301 g/mol. The van der Waals surface area contributed by atoms with E-state index in [1.165, 1.54) is 10.4 Å². The maximum Gasteiger partial charge on any atom is 0.223 e. The summed E-state index contributed by atoms with van der Waals surface area (Å²) in [5.41, 5.74) is 2.47. The Kier molecular flexibility index (Phi) is 4.25. The number of hydrogen-bond donors (Lipinski definition) is 0. The quantitative estimate of drug-likeness (QED) is 0.867. The minimum Gasteiger partial charge on any atom is -0.497 e. The van der Waals surface area contributed by atoms with Crippen LogP contribution < -0.4 is 4.74 Å². The van der Waals surface area contributed by atoms with Crippen LogP contribution in [0.3, 0.4) is 0 Å². The van der Waals surface area contributed by atoms with Crippen LogP contribution in [0.2, 0.25) is 0 Å². The molecular weight excluding hydrogens is 282 g/mol. The van der Waals surface area contributed by atoms with E-state index in [-0.39, 0.29) is 5.91 Å². The first-order chi connectivity index (χ1) is 10.3. The molecule has 4 heteroatoms. The third-order valence-electron chi connectivity index (χ3n) is 3.92. The van der Waals surface area contributed by atoms with Gasteiger partial charge in [0, 0.05) is 24.4 Å². The fourth-order valence-electron chi connectivity index (χ4n) is 2.70. The van der Waals surface area contributed by atoms with Gasteiger partial charge >= 0.3 is 0 Å². The lowest BCUT2D eigenvalue weighted by atomic mass is 10.1. The number of nitrogens with zero attached hydrogens (tertiary/aromatic N) is 1. The van der Waals surface area contributed by atoms with E-state index in [2.05, 4.69) is 11.4 Å². The van der Waals surface area contributed by atoms with Crippen LogP contribution in [0.5, 0.6) is 5.75 Å². The number of benzene rings is 1. The third-order valence-corrected chi connectivity index (χ3v) is 4.95. The Balaban J connectivity index is 1.57. The number of methoxy groups -OCH3 is 1. The van der Waals surface area contributed by atoms with Crippen molar-refractivity contribution in [2.24, 2.45) is 0 Å². The Bertz CT molecular complexity index is 635. The molecule has 0 aliphatic carbocycles. The van der Waals surface area contributed by atoms with Gasteiger partial charge in [-0.05, 0) is 47.5 Å². The molecule has 0 fully saturated rings. The maximum atomic E-state index is 12.4. The van der Waals surface area contributed by atoms with Gasteiger partial charge in [0.2, 0.25) is 5.91 Å². The van der Waals surface area contributed by atoms with Crippen molar-refractivity contribution in [2.45, 2.75) is 25.8 Å². The molecule has 0 bridgehead atoms. The van der Waals surface area contributed by atoms with E-state index in [1.54, 1.807) is 18.4 Å². The van der Waals surface area contributed by atoms with Gasteiger partial charge in [0.05, 0.1) is 7.11 Å². The number of aryl methyl sites for hydroxylation is 1. The SMILES string of the molecule is COc1cccc(CCC(=O)N2CCc3sccc3C2)c1. The van der Waals surface area contributed by atoms with Gasteiger partial charge < -0.3 is 9.64 Å². The second-order valence-corrected chi connectivity index (χ2v) is 6.29. The van der Waals surface area contributed by atoms with Gasteiger partial charge in [-0.25, -0.2) is 0 Å². The van der Waals surface area contributed by atoms with E-state index < -0.39 is 0 Å². The van der Waals surface area contributed by atoms with E-state index in [4.69, 9.17) is 4.74 Å². The number of fused-ring (bicyclic) bond motifs is 1. The first kappa shape index (κ1) is 14.1. The predicted molar refractivity (Wildman–Crippen MR) is 84.8 cm³/mol. The zero-order valence-corrected chi connectivity index (χ0v) is 13.0. The van der Waals surface area contributed by atoms with E-state index in [9.17, 15) is 4.79 Å². The molecule has 2 aromatic rings. The predicted octanol–water partition coefficient (Wildman–Crippen LogP) is 3.27. The zero-order valence-electron chi connectivity index (χ0n) is 12.2. The fraction of sp³-hybridized carbons (Fsp3) is 0.353. The third kappa shape index (κ3) is 3.27. The highest BCUT2D eigenvalue weighted by Gasteiger charge is 2.20. The summed E-state index contributed by atoms with van der Waals surface area (Å²) in [5, 5.41) is 2.12. The summed E-state index contributed by atoms with van der Waals surface area (Å²) in [7, 11) is 1.66. The summed E-state index contributed by atoms with van der Waals surface area (Å²) >= 11 is 1.80. The Hall–Kier alpha value is -1.81. The lowest BCUT2D eigenvalue weighted by molar-refractivity contribution is -0.132. The standard InChI is InChI=1S/C17H19NO2S/c1-20-15-4-2-3-13(11-15)5-6-17(19)18-9-7-16-14(12-18)8-10-21-16/h2-4,8,10-11H,5-7,9,12H2,1H3. The van der Waals surface area contributed by atoms with Gasteiger partial charge in [-0.15, -0.1) is 11.3 Å². The molecular formula is C17H19NO2S. The highest BCUT2D eigenvalue weighted by Crippen LogP contribution is 2.24. The number of carbonyl (C=O) groups is 1. The van der Waals surface area contributed by atoms with Crippen LogP contribution in [0, 0.1) is 0 Å². The molecule has 0 saturated carbocycles. The summed E-state index contributed by atoms with van der Waals surface area (Å²) in [4.78, 5) is 15.8. The van der Waals surface area contributed by atoms with Crippen molar-refractivity contribution in [3.63, 3.8) is 0 Å². The minimum absolute atomic E-state index is 0.245. The number of hydrogen-bond acceptors (Lipinski definition) is 3. The van der Waals surface area contributed by atoms with Crippen LogP contribution in [-0.4, -0.2) is 24.5 Å². The average Bonchev–Trinajstić information content (AvgIpc) is 3.00. The smallest absolute Gasteiger partial charge is 0.223 e. The zero-order chi connectivity index (χ0) is 14.7. The van der Waals surface area contributed by atoms with Crippen molar-refractivity contribution >= 4 is 17.2 Å². The van der Waals surface area contributed by atoms with Gasteiger partial charge in [0.15, 0.2) is 0 Å². The molecule has 3 rings (SSSR count). The van der Waals surface area contributed by atoms with Crippen LogP contribution in [0.15, 0.2) is 35.7 Å². The van der Waals surface area contributed by atoms with Crippen LogP contribution in [0.1, 0.15) is 22.4 Å². The van der Waals surface area contributed by atoms with Gasteiger partial charge in [-0.3, -0.25) is 4.79 Å². The Morgan fingerprint density at radius 1 is 1.38 bits per heavy atom. The number of amides is 1.